The molecule has 1 aliphatic rings. The van der Waals surface area contributed by atoms with Gasteiger partial charge < -0.3 is 5.73 Å². The van der Waals surface area contributed by atoms with Gasteiger partial charge in [0.2, 0.25) is 0 Å². The third-order valence-electron chi connectivity index (χ3n) is 1.98. The predicted octanol–water partition coefficient (Wildman–Crippen LogP) is 2.02. The van der Waals surface area contributed by atoms with Crippen molar-refractivity contribution in [3.8, 4) is 0 Å². The highest BCUT2D eigenvalue weighted by molar-refractivity contribution is 5.38. The van der Waals surface area contributed by atoms with Crippen LogP contribution in [0, 0.1) is 5.92 Å². The first-order valence-electron chi connectivity index (χ1n) is 3.98. The maximum absolute atomic E-state index is 5.52. The van der Waals surface area contributed by atoms with Crippen molar-refractivity contribution in [2.45, 2.75) is 13.3 Å². The summed E-state index contributed by atoms with van der Waals surface area (Å²) in [6.07, 6.45) is 7.56. The van der Waals surface area contributed by atoms with E-state index in [1.54, 1.807) is 0 Å². The van der Waals surface area contributed by atoms with E-state index in [0.29, 0.717) is 5.92 Å². The van der Waals surface area contributed by atoms with Crippen molar-refractivity contribution < 1.29 is 0 Å². The summed E-state index contributed by atoms with van der Waals surface area (Å²) in [5.41, 5.74) is 7.92. The van der Waals surface area contributed by atoms with Crippen molar-refractivity contribution >= 4 is 0 Å². The Morgan fingerprint density at radius 1 is 1.82 bits per heavy atom. The molecule has 1 nitrogen and oxygen atoms in total. The van der Waals surface area contributed by atoms with Gasteiger partial charge in [-0.25, -0.2) is 0 Å². The first-order chi connectivity index (χ1) is 5.24. The molecule has 11 heavy (non-hydrogen) atoms. The Labute approximate surface area is 68.3 Å². The number of nitrogens with two attached hydrogens (primary N) is 1. The molecule has 0 aromatic carbocycles. The van der Waals surface area contributed by atoms with Crippen LogP contribution >= 0.6 is 0 Å². The first-order valence-corrected chi connectivity index (χ1v) is 3.98. The largest absolute Gasteiger partial charge is 0.330 e. The fourth-order valence-corrected chi connectivity index (χ4v) is 1.16. The molecule has 0 spiro atoms. The van der Waals surface area contributed by atoms with Gasteiger partial charge in [-0.2, -0.15) is 0 Å². The molecule has 0 aliphatic heterocycles. The van der Waals surface area contributed by atoms with Gasteiger partial charge in [-0.15, -0.1) is 0 Å². The number of allylic oxidation sites excluding steroid dienone is 4. The normalized spacial score (nSPS) is 23.1. The van der Waals surface area contributed by atoms with Gasteiger partial charge in [-0.3, -0.25) is 0 Å². The summed E-state index contributed by atoms with van der Waals surface area (Å²) in [7, 11) is 0. The quantitative estimate of drug-likeness (QED) is 0.638. The van der Waals surface area contributed by atoms with Crippen molar-refractivity contribution in [1.29, 1.82) is 0 Å². The summed E-state index contributed by atoms with van der Waals surface area (Å²) >= 11 is 0. The monoisotopic (exact) mass is 149 g/mol. The minimum atomic E-state index is 0.540. The number of hydrogen-bond acceptors (Lipinski definition) is 1. The summed E-state index contributed by atoms with van der Waals surface area (Å²) in [5, 5.41) is 0. The maximum atomic E-state index is 5.52. The highest BCUT2D eigenvalue weighted by Gasteiger charge is 2.05. The standard InChI is InChI=1S/C10H15N/c1-8(2)10-5-3-9(7-11)4-6-10/h3,5-6,9H,1,4,7,11H2,2H3. The van der Waals surface area contributed by atoms with Crippen LogP contribution in [-0.4, -0.2) is 6.54 Å². The molecule has 0 amide bonds. The van der Waals surface area contributed by atoms with Crippen molar-refractivity contribution in [2.75, 3.05) is 6.54 Å². The maximum Gasteiger partial charge on any atom is -0.00111 e. The molecular formula is C10H15N. The van der Waals surface area contributed by atoms with Crippen LogP contribution in [0.25, 0.3) is 0 Å². The van der Waals surface area contributed by atoms with E-state index in [1.807, 2.05) is 6.92 Å². The summed E-state index contributed by atoms with van der Waals surface area (Å²) in [4.78, 5) is 0. The van der Waals surface area contributed by atoms with Crippen LogP contribution in [0.15, 0.2) is 36.0 Å². The molecule has 1 rings (SSSR count). The Balaban J connectivity index is 2.60. The molecular weight excluding hydrogens is 134 g/mol. The van der Waals surface area contributed by atoms with Gasteiger partial charge in [-0.1, -0.05) is 30.4 Å². The van der Waals surface area contributed by atoms with E-state index >= 15 is 0 Å². The molecule has 0 aromatic heterocycles. The molecule has 1 unspecified atom stereocenters. The van der Waals surface area contributed by atoms with Gasteiger partial charge in [0.25, 0.3) is 0 Å². The second kappa shape index (κ2) is 3.54. The van der Waals surface area contributed by atoms with E-state index < -0.39 is 0 Å². The van der Waals surface area contributed by atoms with Gasteiger partial charge in [-0.05, 0) is 31.4 Å². The van der Waals surface area contributed by atoms with E-state index in [1.165, 1.54) is 5.57 Å². The van der Waals surface area contributed by atoms with Gasteiger partial charge in [0.1, 0.15) is 0 Å². The average Bonchev–Trinajstić information content (AvgIpc) is 2.05. The minimum Gasteiger partial charge on any atom is -0.330 e. The van der Waals surface area contributed by atoms with E-state index in [4.69, 9.17) is 5.73 Å². The molecule has 0 fully saturated rings. The zero-order chi connectivity index (χ0) is 8.27. The van der Waals surface area contributed by atoms with Crippen LogP contribution in [0.4, 0.5) is 0 Å². The van der Waals surface area contributed by atoms with E-state index in [2.05, 4.69) is 24.8 Å². The summed E-state index contributed by atoms with van der Waals surface area (Å²) < 4.78 is 0. The van der Waals surface area contributed by atoms with Crippen molar-refractivity contribution in [2.24, 2.45) is 11.7 Å². The van der Waals surface area contributed by atoms with Crippen LogP contribution in [0.2, 0.25) is 0 Å². The minimum absolute atomic E-state index is 0.540. The lowest BCUT2D eigenvalue weighted by atomic mass is 9.94. The average molecular weight is 149 g/mol. The van der Waals surface area contributed by atoms with Crippen molar-refractivity contribution in [1.82, 2.24) is 0 Å². The Kier molecular flexibility index (Phi) is 2.66. The summed E-state index contributed by atoms with van der Waals surface area (Å²) in [5.74, 6) is 0.540. The van der Waals surface area contributed by atoms with Gasteiger partial charge in [0, 0.05) is 0 Å². The topological polar surface area (TPSA) is 26.0 Å². The molecule has 60 valence electrons. The second-order valence-electron chi connectivity index (χ2n) is 3.03. The van der Waals surface area contributed by atoms with Crippen LogP contribution in [0.5, 0.6) is 0 Å². The third kappa shape index (κ3) is 2.05. The van der Waals surface area contributed by atoms with E-state index in [0.717, 1.165) is 18.5 Å². The summed E-state index contributed by atoms with van der Waals surface area (Å²) in [6.45, 7) is 6.65. The SMILES string of the molecule is C=C(C)C1=CCC(CN)C=C1. The van der Waals surface area contributed by atoms with E-state index in [-0.39, 0.29) is 0 Å². The first kappa shape index (κ1) is 8.28. The lowest BCUT2D eigenvalue weighted by Crippen LogP contribution is -2.12. The lowest BCUT2D eigenvalue weighted by Gasteiger charge is -2.13. The molecule has 1 heteroatoms. The lowest BCUT2D eigenvalue weighted by molar-refractivity contribution is 0.666. The molecule has 1 aliphatic carbocycles. The molecule has 0 saturated carbocycles. The third-order valence-corrected chi connectivity index (χ3v) is 1.98. The van der Waals surface area contributed by atoms with Crippen LogP contribution < -0.4 is 5.73 Å². The molecule has 0 heterocycles. The predicted molar refractivity (Wildman–Crippen MR) is 49.2 cm³/mol. The van der Waals surface area contributed by atoms with Crippen molar-refractivity contribution in [3.63, 3.8) is 0 Å². The molecule has 0 aromatic rings. The Hall–Kier alpha value is -0.820. The Morgan fingerprint density at radius 3 is 2.91 bits per heavy atom. The Bertz CT molecular complexity index is 211. The zero-order valence-corrected chi connectivity index (χ0v) is 7.01. The van der Waals surface area contributed by atoms with Crippen molar-refractivity contribution in [3.05, 3.63) is 36.0 Å². The molecule has 1 atom stereocenters. The zero-order valence-electron chi connectivity index (χ0n) is 7.01. The van der Waals surface area contributed by atoms with Crippen LogP contribution in [0.3, 0.4) is 0 Å². The van der Waals surface area contributed by atoms with Crippen LogP contribution in [-0.2, 0) is 0 Å². The number of hydrogen-bond donors (Lipinski definition) is 1. The van der Waals surface area contributed by atoms with Gasteiger partial charge in [0.05, 0.1) is 0 Å². The molecule has 0 radical (unpaired) electrons. The highest BCUT2D eigenvalue weighted by Crippen LogP contribution is 2.19. The molecule has 0 bridgehead atoms. The highest BCUT2D eigenvalue weighted by atomic mass is 14.5. The molecule has 2 N–H and O–H groups in total. The van der Waals surface area contributed by atoms with Gasteiger partial charge >= 0.3 is 0 Å². The summed E-state index contributed by atoms with van der Waals surface area (Å²) in [6, 6.07) is 0. The van der Waals surface area contributed by atoms with Crippen LogP contribution in [0.1, 0.15) is 13.3 Å². The second-order valence-corrected chi connectivity index (χ2v) is 3.03. The Morgan fingerprint density at radius 2 is 2.55 bits per heavy atom. The smallest absolute Gasteiger partial charge is 0.00111 e. The molecule has 0 saturated heterocycles. The fourth-order valence-electron chi connectivity index (χ4n) is 1.16. The van der Waals surface area contributed by atoms with Gasteiger partial charge in [0.15, 0.2) is 0 Å². The van der Waals surface area contributed by atoms with E-state index in [9.17, 15) is 0 Å². The number of rotatable bonds is 2. The fraction of sp³-hybridized carbons (Fsp3) is 0.400.